The molecule has 64 valence electrons. The zero-order valence-electron chi connectivity index (χ0n) is 7.34. The summed E-state index contributed by atoms with van der Waals surface area (Å²) in [6.07, 6.45) is 7.66. The van der Waals surface area contributed by atoms with Gasteiger partial charge in [-0.3, -0.25) is 0 Å². The fourth-order valence-corrected chi connectivity index (χ4v) is 2.71. The molecule has 2 aliphatic rings. The number of rotatable bonds is 1. The molecule has 2 aliphatic carbocycles. The number of aliphatic hydroxyl groups excluding tert-OH is 1. The van der Waals surface area contributed by atoms with Crippen LogP contribution in [0.3, 0.4) is 0 Å². The van der Waals surface area contributed by atoms with Crippen LogP contribution in [0.4, 0.5) is 0 Å². The molecular weight excluding hydrogens is 136 g/mol. The van der Waals surface area contributed by atoms with Crippen molar-refractivity contribution in [3.63, 3.8) is 0 Å². The summed E-state index contributed by atoms with van der Waals surface area (Å²) in [6, 6.07) is 0. The largest absolute Gasteiger partial charge is 0.393 e. The molecule has 0 amide bonds. The molecule has 2 fully saturated rings. The molecule has 1 N–H and O–H groups in total. The second-order valence-corrected chi connectivity index (χ2v) is 4.68. The van der Waals surface area contributed by atoms with Crippen molar-refractivity contribution in [1.29, 1.82) is 0 Å². The highest BCUT2D eigenvalue weighted by Gasteiger charge is 2.42. The van der Waals surface area contributed by atoms with Gasteiger partial charge < -0.3 is 5.11 Å². The van der Waals surface area contributed by atoms with Gasteiger partial charge in [-0.05, 0) is 43.4 Å². The molecule has 2 atom stereocenters. The second kappa shape index (κ2) is 2.48. The molecule has 0 bridgehead atoms. The third-order valence-corrected chi connectivity index (χ3v) is 3.84. The standard InChI is InChI=1S/C10H18O/c1-10(8-3-2-4-8)6-5-9(11)7-10/h8-9,11H,2-7H2,1H3. The summed E-state index contributed by atoms with van der Waals surface area (Å²) in [5.41, 5.74) is 0.512. The van der Waals surface area contributed by atoms with Crippen molar-refractivity contribution >= 4 is 0 Å². The smallest absolute Gasteiger partial charge is 0.0545 e. The third-order valence-electron chi connectivity index (χ3n) is 3.84. The SMILES string of the molecule is CC1(C2CCC2)CCC(O)C1. The van der Waals surface area contributed by atoms with E-state index < -0.39 is 0 Å². The maximum Gasteiger partial charge on any atom is 0.0545 e. The maximum absolute atomic E-state index is 9.43. The second-order valence-electron chi connectivity index (χ2n) is 4.68. The summed E-state index contributed by atoms with van der Waals surface area (Å²) in [5, 5.41) is 9.43. The highest BCUT2D eigenvalue weighted by Crippen LogP contribution is 2.51. The van der Waals surface area contributed by atoms with E-state index in [4.69, 9.17) is 0 Å². The Bertz CT molecular complexity index is 151. The van der Waals surface area contributed by atoms with Gasteiger partial charge in [-0.15, -0.1) is 0 Å². The highest BCUT2D eigenvalue weighted by molar-refractivity contribution is 4.93. The first kappa shape index (κ1) is 7.60. The van der Waals surface area contributed by atoms with E-state index >= 15 is 0 Å². The van der Waals surface area contributed by atoms with E-state index in [-0.39, 0.29) is 6.10 Å². The monoisotopic (exact) mass is 154 g/mol. The van der Waals surface area contributed by atoms with E-state index in [2.05, 4.69) is 6.92 Å². The molecular formula is C10H18O. The first-order valence-electron chi connectivity index (χ1n) is 4.89. The van der Waals surface area contributed by atoms with Crippen molar-refractivity contribution in [2.75, 3.05) is 0 Å². The topological polar surface area (TPSA) is 20.2 Å². The molecule has 0 aromatic carbocycles. The minimum Gasteiger partial charge on any atom is -0.393 e. The van der Waals surface area contributed by atoms with E-state index in [1.807, 2.05) is 0 Å². The predicted molar refractivity (Wildman–Crippen MR) is 45.3 cm³/mol. The third kappa shape index (κ3) is 1.20. The van der Waals surface area contributed by atoms with Crippen LogP contribution in [0.5, 0.6) is 0 Å². The average molecular weight is 154 g/mol. The van der Waals surface area contributed by atoms with Crippen molar-refractivity contribution in [3.05, 3.63) is 0 Å². The molecule has 2 rings (SSSR count). The van der Waals surface area contributed by atoms with Crippen molar-refractivity contribution in [3.8, 4) is 0 Å². The molecule has 0 spiro atoms. The number of hydrogen-bond acceptors (Lipinski definition) is 1. The van der Waals surface area contributed by atoms with E-state index in [1.54, 1.807) is 0 Å². The van der Waals surface area contributed by atoms with Crippen LogP contribution in [0, 0.1) is 11.3 Å². The predicted octanol–water partition coefficient (Wildman–Crippen LogP) is 2.34. The molecule has 1 nitrogen and oxygen atoms in total. The van der Waals surface area contributed by atoms with Crippen LogP contribution in [-0.2, 0) is 0 Å². The van der Waals surface area contributed by atoms with Gasteiger partial charge in [0.05, 0.1) is 6.10 Å². The first-order chi connectivity index (χ1) is 5.21. The highest BCUT2D eigenvalue weighted by atomic mass is 16.3. The molecule has 0 aliphatic heterocycles. The molecule has 2 saturated carbocycles. The summed E-state index contributed by atoms with van der Waals surface area (Å²) in [5.74, 6) is 0.944. The lowest BCUT2D eigenvalue weighted by Crippen LogP contribution is -2.30. The van der Waals surface area contributed by atoms with Crippen LogP contribution in [0.25, 0.3) is 0 Å². The van der Waals surface area contributed by atoms with Gasteiger partial charge in [0.25, 0.3) is 0 Å². The minimum absolute atomic E-state index is 0.0144. The van der Waals surface area contributed by atoms with E-state index in [0.717, 1.165) is 18.8 Å². The maximum atomic E-state index is 9.43. The Kier molecular flexibility index (Phi) is 1.71. The molecule has 0 saturated heterocycles. The van der Waals surface area contributed by atoms with Crippen LogP contribution in [0.2, 0.25) is 0 Å². The molecule has 0 radical (unpaired) electrons. The summed E-state index contributed by atoms with van der Waals surface area (Å²) in [6.45, 7) is 2.37. The van der Waals surface area contributed by atoms with Crippen LogP contribution >= 0.6 is 0 Å². The van der Waals surface area contributed by atoms with Crippen molar-refractivity contribution < 1.29 is 5.11 Å². The molecule has 0 aromatic rings. The van der Waals surface area contributed by atoms with E-state index in [0.29, 0.717) is 5.41 Å². The van der Waals surface area contributed by atoms with Crippen LogP contribution in [-0.4, -0.2) is 11.2 Å². The zero-order valence-corrected chi connectivity index (χ0v) is 7.34. The lowest BCUT2D eigenvalue weighted by Gasteiger charge is -2.40. The molecule has 2 unspecified atom stereocenters. The molecule has 11 heavy (non-hydrogen) atoms. The zero-order chi connectivity index (χ0) is 7.90. The van der Waals surface area contributed by atoms with Gasteiger partial charge >= 0.3 is 0 Å². The van der Waals surface area contributed by atoms with Gasteiger partial charge in [0.15, 0.2) is 0 Å². The summed E-state index contributed by atoms with van der Waals surface area (Å²) in [4.78, 5) is 0. The van der Waals surface area contributed by atoms with Crippen LogP contribution in [0.1, 0.15) is 45.4 Å². The van der Waals surface area contributed by atoms with Crippen molar-refractivity contribution in [2.24, 2.45) is 11.3 Å². The lowest BCUT2D eigenvalue weighted by atomic mass is 9.65. The fraction of sp³-hybridized carbons (Fsp3) is 1.00. The Labute approximate surface area is 68.8 Å². The van der Waals surface area contributed by atoms with Gasteiger partial charge in [-0.2, -0.15) is 0 Å². The van der Waals surface area contributed by atoms with Gasteiger partial charge in [0, 0.05) is 0 Å². The van der Waals surface area contributed by atoms with Crippen LogP contribution < -0.4 is 0 Å². The summed E-state index contributed by atoms with van der Waals surface area (Å²) in [7, 11) is 0. The Morgan fingerprint density at radius 2 is 2.00 bits per heavy atom. The van der Waals surface area contributed by atoms with E-state index in [9.17, 15) is 5.11 Å². The number of aliphatic hydroxyl groups is 1. The average Bonchev–Trinajstić information content (AvgIpc) is 2.06. The number of hydrogen-bond donors (Lipinski definition) is 1. The van der Waals surface area contributed by atoms with Crippen molar-refractivity contribution in [2.45, 2.75) is 51.6 Å². The normalized spacial score (nSPS) is 45.8. The first-order valence-corrected chi connectivity index (χ1v) is 4.89. The fourth-order valence-electron chi connectivity index (χ4n) is 2.71. The minimum atomic E-state index is 0.0144. The van der Waals surface area contributed by atoms with E-state index in [1.165, 1.54) is 25.7 Å². The Hall–Kier alpha value is -0.0400. The lowest BCUT2D eigenvalue weighted by molar-refractivity contribution is 0.0846. The Balaban J connectivity index is 1.98. The van der Waals surface area contributed by atoms with Crippen LogP contribution in [0.15, 0.2) is 0 Å². The molecule has 0 heterocycles. The Morgan fingerprint density at radius 3 is 2.36 bits per heavy atom. The summed E-state index contributed by atoms with van der Waals surface area (Å²) < 4.78 is 0. The quantitative estimate of drug-likeness (QED) is 0.614. The van der Waals surface area contributed by atoms with Gasteiger partial charge in [0.1, 0.15) is 0 Å². The van der Waals surface area contributed by atoms with Crippen molar-refractivity contribution in [1.82, 2.24) is 0 Å². The Morgan fingerprint density at radius 1 is 1.27 bits per heavy atom. The van der Waals surface area contributed by atoms with Gasteiger partial charge in [-0.1, -0.05) is 13.3 Å². The van der Waals surface area contributed by atoms with Gasteiger partial charge in [-0.25, -0.2) is 0 Å². The molecule has 0 aromatic heterocycles. The molecule has 1 heteroatoms. The van der Waals surface area contributed by atoms with Gasteiger partial charge in [0.2, 0.25) is 0 Å². The summed E-state index contributed by atoms with van der Waals surface area (Å²) >= 11 is 0.